The molecule has 1 aromatic heterocycles. The molecule has 2 heterocycles. The van der Waals surface area contributed by atoms with Gasteiger partial charge >= 0.3 is 0 Å². The lowest BCUT2D eigenvalue weighted by Gasteiger charge is -2.38. The first kappa shape index (κ1) is 14.8. The van der Waals surface area contributed by atoms with Gasteiger partial charge in [0.15, 0.2) is 0 Å². The maximum Gasteiger partial charge on any atom is 0.247 e. The van der Waals surface area contributed by atoms with Crippen LogP contribution in [-0.4, -0.2) is 48.8 Å². The van der Waals surface area contributed by atoms with Crippen LogP contribution in [0, 0.1) is 0 Å². The first-order valence-corrected chi connectivity index (χ1v) is 8.43. The number of hydrogen-bond donors (Lipinski definition) is 0. The van der Waals surface area contributed by atoms with Crippen LogP contribution >= 0.6 is 11.3 Å². The molecule has 1 saturated heterocycles. The van der Waals surface area contributed by atoms with Crippen LogP contribution in [0.5, 0.6) is 0 Å². The lowest BCUT2D eigenvalue weighted by atomic mass is 10.1. The molecule has 21 heavy (non-hydrogen) atoms. The third-order valence-corrected chi connectivity index (χ3v) is 4.97. The molecule has 0 unspecified atom stereocenters. The third kappa shape index (κ3) is 3.20. The lowest BCUT2D eigenvalue weighted by Crippen LogP contribution is -2.53. The van der Waals surface area contributed by atoms with Gasteiger partial charge in [0, 0.05) is 24.1 Å². The Labute approximate surface area is 129 Å². The summed E-state index contributed by atoms with van der Waals surface area (Å²) in [5, 5.41) is 2.01. The summed E-state index contributed by atoms with van der Waals surface area (Å²) in [4.78, 5) is 15.5. The second-order valence-electron chi connectivity index (χ2n) is 5.35. The topological polar surface area (TPSA) is 38.8 Å². The zero-order chi connectivity index (χ0) is 14.7. The Morgan fingerprint density at radius 1 is 1.57 bits per heavy atom. The monoisotopic (exact) mass is 307 g/mol. The van der Waals surface area contributed by atoms with Crippen molar-refractivity contribution < 1.29 is 14.3 Å². The van der Waals surface area contributed by atoms with Crippen molar-refractivity contribution in [3.8, 4) is 0 Å². The highest BCUT2D eigenvalue weighted by molar-refractivity contribution is 7.10. The number of carbonyl (C=O) groups is 1. The van der Waals surface area contributed by atoms with E-state index in [4.69, 9.17) is 9.47 Å². The van der Waals surface area contributed by atoms with E-state index in [1.54, 1.807) is 17.4 Å². The first-order chi connectivity index (χ1) is 10.3. The van der Waals surface area contributed by atoms with Crippen LogP contribution in [0.4, 0.5) is 0 Å². The van der Waals surface area contributed by atoms with Crippen LogP contribution in [0.2, 0.25) is 0 Å². The number of amides is 1. The van der Waals surface area contributed by atoms with Gasteiger partial charge in [-0.1, -0.05) is 6.07 Å². The quantitative estimate of drug-likeness (QED) is 0.803. The summed E-state index contributed by atoms with van der Waals surface area (Å²) in [6, 6.07) is 4.16. The highest BCUT2D eigenvalue weighted by Gasteiger charge is 2.44. The molecule has 1 saturated carbocycles. The second-order valence-corrected chi connectivity index (χ2v) is 6.33. The predicted octanol–water partition coefficient (Wildman–Crippen LogP) is 2.56. The standard InChI is InChI=1S/C16H21NO3S/c1-2-19-14-7-6-13-16(14)20-10-9-17(13)15(18)8-5-12-4-3-11-21-12/h3-5,8,11,13-14,16H,2,6-7,9-10H2,1H3/b8-5+/t13-,14-,16+/m0/s1. The largest absolute Gasteiger partial charge is 0.376 e. The van der Waals surface area contributed by atoms with E-state index in [0.717, 1.165) is 17.7 Å². The molecule has 4 nitrogen and oxygen atoms in total. The summed E-state index contributed by atoms with van der Waals surface area (Å²) < 4.78 is 11.6. The smallest absolute Gasteiger partial charge is 0.247 e. The van der Waals surface area contributed by atoms with E-state index in [1.807, 2.05) is 35.4 Å². The van der Waals surface area contributed by atoms with Crippen molar-refractivity contribution in [1.29, 1.82) is 0 Å². The Bertz CT molecular complexity index is 500. The number of morpholine rings is 1. The number of hydrogen-bond acceptors (Lipinski definition) is 4. The first-order valence-electron chi connectivity index (χ1n) is 7.55. The molecule has 2 fully saturated rings. The summed E-state index contributed by atoms with van der Waals surface area (Å²) in [6.07, 6.45) is 5.69. The minimum Gasteiger partial charge on any atom is -0.376 e. The Hall–Kier alpha value is -1.17. The minimum atomic E-state index is 0.0396. The molecule has 3 atom stereocenters. The van der Waals surface area contributed by atoms with Crippen LogP contribution in [0.1, 0.15) is 24.6 Å². The van der Waals surface area contributed by atoms with Gasteiger partial charge in [0.2, 0.25) is 5.91 Å². The van der Waals surface area contributed by atoms with E-state index in [1.165, 1.54) is 0 Å². The molecular formula is C16H21NO3S. The third-order valence-electron chi connectivity index (χ3n) is 4.13. The van der Waals surface area contributed by atoms with Gasteiger partial charge in [-0.2, -0.15) is 0 Å². The van der Waals surface area contributed by atoms with Crippen LogP contribution in [0.3, 0.4) is 0 Å². The molecule has 0 radical (unpaired) electrons. The lowest BCUT2D eigenvalue weighted by molar-refractivity contribution is -0.146. The highest BCUT2D eigenvalue weighted by Crippen LogP contribution is 2.32. The zero-order valence-corrected chi connectivity index (χ0v) is 13.1. The second kappa shape index (κ2) is 6.73. The molecule has 1 amide bonds. The summed E-state index contributed by atoms with van der Waals surface area (Å²) in [5.41, 5.74) is 0. The van der Waals surface area contributed by atoms with E-state index in [2.05, 4.69) is 0 Å². The zero-order valence-electron chi connectivity index (χ0n) is 12.2. The van der Waals surface area contributed by atoms with Crippen molar-refractivity contribution >= 4 is 23.3 Å². The van der Waals surface area contributed by atoms with Gasteiger partial charge in [-0.25, -0.2) is 0 Å². The van der Waals surface area contributed by atoms with Crippen LogP contribution in [-0.2, 0) is 14.3 Å². The Morgan fingerprint density at radius 3 is 3.24 bits per heavy atom. The van der Waals surface area contributed by atoms with Gasteiger partial charge in [0.05, 0.1) is 18.8 Å². The SMILES string of the molecule is CCO[C@H]1CC[C@H]2[C@H]1OCCN2C(=O)/C=C/c1cccs1. The molecule has 1 aromatic rings. The van der Waals surface area contributed by atoms with Crippen molar-refractivity contribution in [1.82, 2.24) is 4.90 Å². The molecule has 1 aliphatic heterocycles. The Kier molecular flexibility index (Phi) is 4.73. The maximum absolute atomic E-state index is 12.4. The fraction of sp³-hybridized carbons (Fsp3) is 0.562. The number of ether oxygens (including phenoxy) is 2. The van der Waals surface area contributed by atoms with E-state index in [9.17, 15) is 4.79 Å². The van der Waals surface area contributed by atoms with E-state index in [-0.39, 0.29) is 24.2 Å². The van der Waals surface area contributed by atoms with E-state index >= 15 is 0 Å². The molecule has 2 aliphatic rings. The van der Waals surface area contributed by atoms with Crippen molar-refractivity contribution in [2.45, 2.75) is 38.0 Å². The number of fused-ring (bicyclic) bond motifs is 1. The normalized spacial score (nSPS) is 29.0. The molecule has 0 aromatic carbocycles. The molecule has 3 rings (SSSR count). The average Bonchev–Trinajstić information content (AvgIpc) is 3.15. The van der Waals surface area contributed by atoms with Gasteiger partial charge in [-0.05, 0) is 37.3 Å². The molecule has 0 N–H and O–H groups in total. The number of thiophene rings is 1. The van der Waals surface area contributed by atoms with Gasteiger partial charge in [0.25, 0.3) is 0 Å². The molecule has 5 heteroatoms. The van der Waals surface area contributed by atoms with E-state index < -0.39 is 0 Å². The van der Waals surface area contributed by atoms with Crippen LogP contribution in [0.15, 0.2) is 23.6 Å². The van der Waals surface area contributed by atoms with Gasteiger partial charge < -0.3 is 14.4 Å². The van der Waals surface area contributed by atoms with Crippen molar-refractivity contribution in [2.75, 3.05) is 19.8 Å². The molecule has 114 valence electrons. The van der Waals surface area contributed by atoms with Crippen molar-refractivity contribution in [2.24, 2.45) is 0 Å². The fourth-order valence-electron chi connectivity index (χ4n) is 3.22. The summed E-state index contributed by atoms with van der Waals surface area (Å²) in [6.45, 7) is 3.98. The maximum atomic E-state index is 12.4. The average molecular weight is 307 g/mol. The molecule has 0 spiro atoms. The van der Waals surface area contributed by atoms with Crippen LogP contribution < -0.4 is 0 Å². The number of rotatable bonds is 4. The molecule has 1 aliphatic carbocycles. The van der Waals surface area contributed by atoms with E-state index in [0.29, 0.717) is 19.8 Å². The minimum absolute atomic E-state index is 0.0396. The molecule has 0 bridgehead atoms. The Balaban J connectivity index is 1.66. The summed E-state index contributed by atoms with van der Waals surface area (Å²) in [7, 11) is 0. The number of carbonyl (C=O) groups excluding carboxylic acids is 1. The van der Waals surface area contributed by atoms with Crippen molar-refractivity contribution in [3.05, 3.63) is 28.5 Å². The van der Waals surface area contributed by atoms with Gasteiger partial charge in [-0.3, -0.25) is 4.79 Å². The summed E-state index contributed by atoms with van der Waals surface area (Å²) in [5.74, 6) is 0.0823. The van der Waals surface area contributed by atoms with Gasteiger partial charge in [-0.15, -0.1) is 11.3 Å². The number of nitrogens with zero attached hydrogens (tertiary/aromatic N) is 1. The fourth-order valence-corrected chi connectivity index (χ4v) is 3.84. The Morgan fingerprint density at radius 2 is 2.48 bits per heavy atom. The summed E-state index contributed by atoms with van der Waals surface area (Å²) >= 11 is 1.64. The predicted molar refractivity (Wildman–Crippen MR) is 83.2 cm³/mol. The molecular weight excluding hydrogens is 286 g/mol. The van der Waals surface area contributed by atoms with Crippen LogP contribution in [0.25, 0.3) is 6.08 Å². The van der Waals surface area contributed by atoms with Gasteiger partial charge in [0.1, 0.15) is 6.10 Å². The van der Waals surface area contributed by atoms with Crippen molar-refractivity contribution in [3.63, 3.8) is 0 Å². The highest BCUT2D eigenvalue weighted by atomic mass is 32.1.